The Hall–Kier alpha value is 1.51. The summed E-state index contributed by atoms with van der Waals surface area (Å²) in [4.78, 5) is 0. The van der Waals surface area contributed by atoms with Gasteiger partial charge in [0.2, 0.25) is 0 Å². The van der Waals surface area contributed by atoms with Crippen LogP contribution in [-0.4, -0.2) is 29.4 Å². The number of hydrogen-bond donors (Lipinski definition) is 1. The van der Waals surface area contributed by atoms with Crippen molar-refractivity contribution in [3.8, 4) is 0 Å². The molecule has 0 aromatic rings. The molecule has 0 heterocycles. The number of hydrogen-bond acceptors (Lipinski definition) is 4. The predicted octanol–water partition coefficient (Wildman–Crippen LogP) is 1.77. The van der Waals surface area contributed by atoms with Gasteiger partial charge in [0.25, 0.3) is 0 Å². The molecular weight excluding hydrogens is 351 g/mol. The first-order valence-corrected chi connectivity index (χ1v) is 11.0. The van der Waals surface area contributed by atoms with E-state index in [9.17, 15) is 18.1 Å². The van der Waals surface area contributed by atoms with Crippen molar-refractivity contribution in [2.24, 2.45) is 0 Å². The van der Waals surface area contributed by atoms with Gasteiger partial charge >= 0.3 is 51.4 Å². The molecule has 0 bridgehead atoms. The minimum atomic E-state index is -4.30. The van der Waals surface area contributed by atoms with Crippen molar-refractivity contribution in [2.45, 2.75) is 115 Å². The fraction of sp³-hybridized carbons (Fsp3) is 1.00. The first-order chi connectivity index (χ1) is 10.9. The molecule has 0 spiro atoms. The van der Waals surface area contributed by atoms with Gasteiger partial charge in [-0.3, -0.25) is 0 Å². The standard InChI is InChI=1S/C18H38O4S.K/c1-3-5-7-9-10-11-12-14-17(19)16-18(23(20,21)22)15-13-8-6-4-2;/h17-19H,3-16H2,1-2H3,(H,20,21,22);/q;+1/p-1. The average Bonchev–Trinajstić information content (AvgIpc) is 2.48. The molecule has 24 heavy (non-hydrogen) atoms. The van der Waals surface area contributed by atoms with Gasteiger partial charge in [-0.15, -0.1) is 0 Å². The van der Waals surface area contributed by atoms with Crippen LogP contribution in [0, 0.1) is 0 Å². The molecule has 0 saturated heterocycles. The second kappa shape index (κ2) is 17.9. The predicted molar refractivity (Wildman–Crippen MR) is 95.5 cm³/mol. The molecule has 0 rings (SSSR count). The molecular formula is C18H37KO4S. The molecule has 0 amide bonds. The molecule has 0 fully saturated rings. The normalized spacial score (nSPS) is 14.2. The maximum atomic E-state index is 11.3. The minimum Gasteiger partial charge on any atom is -0.748 e. The third-order valence-corrected chi connectivity index (χ3v) is 5.71. The summed E-state index contributed by atoms with van der Waals surface area (Å²) in [6.45, 7) is 4.28. The maximum absolute atomic E-state index is 11.3. The summed E-state index contributed by atoms with van der Waals surface area (Å²) in [7, 11) is -4.30. The summed E-state index contributed by atoms with van der Waals surface area (Å²) < 4.78 is 34.0. The maximum Gasteiger partial charge on any atom is 1.00 e. The fourth-order valence-electron chi connectivity index (χ4n) is 2.94. The van der Waals surface area contributed by atoms with E-state index < -0.39 is 21.5 Å². The Morgan fingerprint density at radius 1 is 0.792 bits per heavy atom. The zero-order valence-electron chi connectivity index (χ0n) is 16.1. The smallest absolute Gasteiger partial charge is 0.748 e. The van der Waals surface area contributed by atoms with Gasteiger partial charge in [0, 0.05) is 0 Å². The number of aliphatic hydroxyl groups excluding tert-OH is 1. The van der Waals surface area contributed by atoms with Gasteiger partial charge < -0.3 is 9.66 Å². The molecule has 0 aromatic carbocycles. The first kappa shape index (κ1) is 27.7. The second-order valence-corrected chi connectivity index (χ2v) is 8.42. The third kappa shape index (κ3) is 16.9. The van der Waals surface area contributed by atoms with Gasteiger partial charge in [0.1, 0.15) is 0 Å². The van der Waals surface area contributed by atoms with E-state index in [0.717, 1.165) is 38.5 Å². The Morgan fingerprint density at radius 3 is 1.71 bits per heavy atom. The van der Waals surface area contributed by atoms with Gasteiger partial charge in [0.15, 0.2) is 0 Å². The molecule has 0 aliphatic heterocycles. The van der Waals surface area contributed by atoms with Gasteiger partial charge in [0.05, 0.1) is 21.5 Å². The summed E-state index contributed by atoms with van der Waals surface area (Å²) in [6, 6.07) is 0. The number of aliphatic hydroxyl groups is 1. The van der Waals surface area contributed by atoms with Crippen molar-refractivity contribution < 1.29 is 69.5 Å². The van der Waals surface area contributed by atoms with Crippen LogP contribution in [0.5, 0.6) is 0 Å². The molecule has 0 aliphatic carbocycles. The molecule has 0 saturated carbocycles. The summed E-state index contributed by atoms with van der Waals surface area (Å²) >= 11 is 0. The molecule has 2 unspecified atom stereocenters. The quantitative estimate of drug-likeness (QED) is 0.248. The van der Waals surface area contributed by atoms with Crippen LogP contribution in [0.1, 0.15) is 104 Å². The van der Waals surface area contributed by atoms with Crippen LogP contribution in [0.15, 0.2) is 0 Å². The number of rotatable bonds is 16. The molecule has 6 heteroatoms. The third-order valence-electron chi connectivity index (χ3n) is 4.46. The summed E-state index contributed by atoms with van der Waals surface area (Å²) in [5.74, 6) is 0. The Kier molecular flexibility index (Phi) is 20.7. The number of unbranched alkanes of at least 4 members (excludes halogenated alkanes) is 9. The zero-order chi connectivity index (χ0) is 17.6. The summed E-state index contributed by atoms with van der Waals surface area (Å²) in [5.41, 5.74) is 0. The topological polar surface area (TPSA) is 77.4 Å². The van der Waals surface area contributed by atoms with Crippen molar-refractivity contribution in [1.82, 2.24) is 0 Å². The Bertz CT molecular complexity index is 360. The van der Waals surface area contributed by atoms with E-state index in [2.05, 4.69) is 13.8 Å². The van der Waals surface area contributed by atoms with E-state index in [1.807, 2.05) is 0 Å². The van der Waals surface area contributed by atoms with Crippen LogP contribution in [-0.2, 0) is 10.1 Å². The monoisotopic (exact) mass is 388 g/mol. The van der Waals surface area contributed by atoms with Crippen LogP contribution >= 0.6 is 0 Å². The minimum absolute atomic E-state index is 0. The van der Waals surface area contributed by atoms with Crippen molar-refractivity contribution in [1.29, 1.82) is 0 Å². The fourth-order valence-corrected chi connectivity index (χ4v) is 3.85. The van der Waals surface area contributed by atoms with E-state index in [0.29, 0.717) is 12.8 Å². The van der Waals surface area contributed by atoms with Crippen LogP contribution in [0.3, 0.4) is 0 Å². The van der Waals surface area contributed by atoms with Crippen LogP contribution in [0.2, 0.25) is 0 Å². The van der Waals surface area contributed by atoms with Crippen molar-refractivity contribution >= 4 is 10.1 Å². The molecule has 140 valence electrons. The largest absolute Gasteiger partial charge is 1.00 e. The van der Waals surface area contributed by atoms with Crippen LogP contribution < -0.4 is 51.4 Å². The second-order valence-electron chi connectivity index (χ2n) is 6.76. The van der Waals surface area contributed by atoms with Gasteiger partial charge in [-0.2, -0.15) is 0 Å². The van der Waals surface area contributed by atoms with E-state index in [1.165, 1.54) is 32.1 Å². The average molecular weight is 389 g/mol. The van der Waals surface area contributed by atoms with Crippen molar-refractivity contribution in [2.75, 3.05) is 0 Å². The van der Waals surface area contributed by atoms with Gasteiger partial charge in [-0.05, 0) is 19.3 Å². The molecule has 0 aliphatic rings. The summed E-state index contributed by atoms with van der Waals surface area (Å²) in [5, 5.41) is 9.11. The van der Waals surface area contributed by atoms with Crippen LogP contribution in [0.4, 0.5) is 0 Å². The molecule has 4 nitrogen and oxygen atoms in total. The van der Waals surface area contributed by atoms with Crippen molar-refractivity contribution in [3.05, 3.63) is 0 Å². The zero-order valence-corrected chi connectivity index (χ0v) is 20.1. The first-order valence-electron chi connectivity index (χ1n) is 9.54. The van der Waals surface area contributed by atoms with Gasteiger partial charge in [-0.1, -0.05) is 84.5 Å². The van der Waals surface area contributed by atoms with E-state index in [-0.39, 0.29) is 57.8 Å². The summed E-state index contributed by atoms with van der Waals surface area (Å²) in [6.07, 6.45) is 12.5. The van der Waals surface area contributed by atoms with Crippen LogP contribution in [0.25, 0.3) is 0 Å². The SMILES string of the molecule is CCCCCCCCCC(O)CC(CCCCCC)S(=O)(=O)[O-].[K+]. The molecule has 0 radical (unpaired) electrons. The Balaban J connectivity index is 0. The molecule has 0 aromatic heterocycles. The van der Waals surface area contributed by atoms with E-state index in [4.69, 9.17) is 0 Å². The van der Waals surface area contributed by atoms with E-state index in [1.54, 1.807) is 0 Å². The van der Waals surface area contributed by atoms with E-state index >= 15 is 0 Å². The van der Waals surface area contributed by atoms with Gasteiger partial charge in [-0.25, -0.2) is 8.42 Å². The molecule has 2 atom stereocenters. The Morgan fingerprint density at radius 2 is 1.21 bits per heavy atom. The Labute approximate surface area is 192 Å². The van der Waals surface area contributed by atoms with Crippen molar-refractivity contribution in [3.63, 3.8) is 0 Å². The molecule has 1 N–H and O–H groups in total.